The fourth-order valence-corrected chi connectivity index (χ4v) is 3.32. The lowest BCUT2D eigenvalue weighted by Gasteiger charge is -2.12. The van der Waals surface area contributed by atoms with Crippen LogP contribution in [-0.4, -0.2) is 37.6 Å². The summed E-state index contributed by atoms with van der Waals surface area (Å²) in [6.45, 7) is 2.15. The fourth-order valence-electron chi connectivity index (χ4n) is 3.32. The number of carbonyl (C=O) groups excluding carboxylic acids is 1. The smallest absolute Gasteiger partial charge is 0.259 e. The molecule has 2 aromatic carbocycles. The largest absolute Gasteiger partial charge is 0.490 e. The second kappa shape index (κ2) is 8.46. The topological polar surface area (TPSA) is 107 Å². The summed E-state index contributed by atoms with van der Waals surface area (Å²) in [5.74, 6) is 1.64. The van der Waals surface area contributed by atoms with Crippen molar-refractivity contribution in [3.63, 3.8) is 0 Å². The predicted molar refractivity (Wildman–Crippen MR) is 109 cm³/mol. The van der Waals surface area contributed by atoms with E-state index >= 15 is 0 Å². The molecule has 0 fully saturated rings. The monoisotopic (exact) mass is 411 g/mol. The van der Waals surface area contributed by atoms with Crippen molar-refractivity contribution in [3.05, 3.63) is 52.4 Å². The minimum absolute atomic E-state index is 0.173. The molecular formula is C22H21NO7. The van der Waals surface area contributed by atoms with Crippen LogP contribution in [-0.2, 0) is 4.79 Å². The lowest BCUT2D eigenvalue weighted by Crippen LogP contribution is -2.29. The molecule has 1 aromatic heterocycles. The van der Waals surface area contributed by atoms with Crippen LogP contribution in [0.5, 0.6) is 17.2 Å². The van der Waals surface area contributed by atoms with Crippen molar-refractivity contribution >= 4 is 16.9 Å². The van der Waals surface area contributed by atoms with Crippen LogP contribution >= 0.6 is 0 Å². The molecular weight excluding hydrogens is 390 g/mol. The number of rotatable bonds is 5. The molecule has 2 N–H and O–H groups in total. The van der Waals surface area contributed by atoms with E-state index < -0.39 is 12.6 Å². The van der Waals surface area contributed by atoms with Crippen LogP contribution < -0.4 is 25.0 Å². The molecule has 1 aliphatic rings. The predicted octanol–water partition coefficient (Wildman–Crippen LogP) is 2.37. The Morgan fingerprint density at radius 1 is 1.13 bits per heavy atom. The first-order chi connectivity index (χ1) is 14.6. The van der Waals surface area contributed by atoms with E-state index in [0.717, 1.165) is 6.42 Å². The average Bonchev–Trinajstić information content (AvgIpc) is 2.97. The summed E-state index contributed by atoms with van der Waals surface area (Å²) in [7, 11) is 0. The number of fused-ring (bicyclic) bond motifs is 2. The quantitative estimate of drug-likeness (QED) is 0.621. The Labute approximate surface area is 172 Å². The molecule has 0 saturated carbocycles. The Balaban J connectivity index is 1.69. The van der Waals surface area contributed by atoms with E-state index in [1.165, 1.54) is 0 Å². The highest BCUT2D eigenvalue weighted by atomic mass is 16.5. The number of aliphatic hydroxyl groups is 1. The van der Waals surface area contributed by atoms with E-state index in [4.69, 9.17) is 23.7 Å². The molecule has 1 amide bonds. The van der Waals surface area contributed by atoms with E-state index in [0.29, 0.717) is 58.3 Å². The summed E-state index contributed by atoms with van der Waals surface area (Å²) in [5.41, 5.74) is 1.33. The van der Waals surface area contributed by atoms with Gasteiger partial charge in [-0.25, -0.2) is 0 Å². The van der Waals surface area contributed by atoms with Crippen molar-refractivity contribution in [1.29, 1.82) is 0 Å². The number of hydrogen-bond acceptors (Lipinski definition) is 7. The minimum atomic E-state index is -0.462. The van der Waals surface area contributed by atoms with Crippen molar-refractivity contribution in [3.8, 4) is 28.4 Å². The molecule has 0 atom stereocenters. The van der Waals surface area contributed by atoms with Gasteiger partial charge in [0, 0.05) is 12.5 Å². The molecule has 0 saturated heterocycles. The molecule has 4 rings (SSSR count). The van der Waals surface area contributed by atoms with E-state index in [1.807, 2.05) is 6.07 Å². The maximum Gasteiger partial charge on any atom is 0.259 e. The Morgan fingerprint density at radius 3 is 2.73 bits per heavy atom. The average molecular weight is 411 g/mol. The Kier molecular flexibility index (Phi) is 5.58. The molecule has 0 unspecified atom stereocenters. The zero-order chi connectivity index (χ0) is 21.1. The van der Waals surface area contributed by atoms with Gasteiger partial charge in [-0.05, 0) is 36.8 Å². The maximum absolute atomic E-state index is 13.2. The van der Waals surface area contributed by atoms with Crippen molar-refractivity contribution in [2.45, 2.75) is 13.3 Å². The summed E-state index contributed by atoms with van der Waals surface area (Å²) in [5, 5.41) is 11.3. The number of carbonyl (C=O) groups is 1. The molecule has 3 aromatic rings. The van der Waals surface area contributed by atoms with Crippen LogP contribution in [0.3, 0.4) is 0 Å². The van der Waals surface area contributed by atoms with Gasteiger partial charge in [-0.2, -0.15) is 0 Å². The summed E-state index contributed by atoms with van der Waals surface area (Å²) >= 11 is 0. The number of benzene rings is 2. The SMILES string of the molecule is Cc1oc2cc(OCC(=O)NCO)ccc2c(=O)c1-c1ccc2c(c1)OCCCO2. The summed E-state index contributed by atoms with van der Waals surface area (Å²) < 4.78 is 22.7. The maximum atomic E-state index is 13.2. The number of amides is 1. The van der Waals surface area contributed by atoms with Gasteiger partial charge < -0.3 is 29.1 Å². The third-order valence-electron chi connectivity index (χ3n) is 4.72. The third kappa shape index (κ3) is 3.95. The highest BCUT2D eigenvalue weighted by Gasteiger charge is 2.18. The molecule has 2 heterocycles. The molecule has 8 nitrogen and oxygen atoms in total. The number of aliphatic hydroxyl groups excluding tert-OH is 1. The van der Waals surface area contributed by atoms with Crippen LogP contribution in [0.25, 0.3) is 22.1 Å². The van der Waals surface area contributed by atoms with Crippen LogP contribution in [0, 0.1) is 6.92 Å². The van der Waals surface area contributed by atoms with E-state index in [9.17, 15) is 9.59 Å². The molecule has 8 heteroatoms. The van der Waals surface area contributed by atoms with Crippen LogP contribution in [0.4, 0.5) is 0 Å². The first kappa shape index (κ1) is 19.8. The zero-order valence-corrected chi connectivity index (χ0v) is 16.4. The Bertz CT molecular complexity index is 1150. The fraction of sp³-hybridized carbons (Fsp3) is 0.273. The van der Waals surface area contributed by atoms with Crippen molar-refractivity contribution < 1.29 is 28.5 Å². The zero-order valence-electron chi connectivity index (χ0n) is 16.4. The Hall–Kier alpha value is -3.52. The first-order valence-corrected chi connectivity index (χ1v) is 9.54. The normalized spacial score (nSPS) is 13.0. The molecule has 156 valence electrons. The summed E-state index contributed by atoms with van der Waals surface area (Å²) in [4.78, 5) is 24.6. The van der Waals surface area contributed by atoms with Gasteiger partial charge in [0.2, 0.25) is 5.43 Å². The standard InChI is InChI=1S/C22H21NO7/c1-13-21(14-3-6-17-19(9-14)28-8-2-7-27-17)22(26)16-5-4-15(10-18(16)30-13)29-11-20(25)23-12-24/h3-6,9-10,24H,2,7-8,11-12H2,1H3,(H,23,25). The van der Waals surface area contributed by atoms with Crippen LogP contribution in [0.2, 0.25) is 0 Å². The first-order valence-electron chi connectivity index (χ1n) is 9.54. The second-order valence-electron chi connectivity index (χ2n) is 6.78. The Morgan fingerprint density at radius 2 is 1.93 bits per heavy atom. The minimum Gasteiger partial charge on any atom is -0.490 e. The lowest BCUT2D eigenvalue weighted by atomic mass is 10.0. The summed E-state index contributed by atoms with van der Waals surface area (Å²) in [6.07, 6.45) is 0.799. The molecule has 0 aliphatic carbocycles. The highest BCUT2D eigenvalue weighted by Crippen LogP contribution is 2.35. The van der Waals surface area contributed by atoms with Crippen LogP contribution in [0.15, 0.2) is 45.6 Å². The molecule has 30 heavy (non-hydrogen) atoms. The second-order valence-corrected chi connectivity index (χ2v) is 6.78. The van der Waals surface area contributed by atoms with E-state index in [2.05, 4.69) is 5.32 Å². The van der Waals surface area contributed by atoms with Gasteiger partial charge in [0.15, 0.2) is 18.1 Å². The van der Waals surface area contributed by atoms with Gasteiger partial charge in [-0.15, -0.1) is 0 Å². The van der Waals surface area contributed by atoms with Crippen molar-refractivity contribution in [1.82, 2.24) is 5.32 Å². The van der Waals surface area contributed by atoms with Gasteiger partial charge in [0.25, 0.3) is 5.91 Å². The van der Waals surface area contributed by atoms with Crippen molar-refractivity contribution in [2.75, 3.05) is 26.6 Å². The van der Waals surface area contributed by atoms with E-state index in [1.54, 1.807) is 37.3 Å². The number of aryl methyl sites for hydroxylation is 1. The highest BCUT2D eigenvalue weighted by molar-refractivity contribution is 5.84. The van der Waals surface area contributed by atoms with Crippen LogP contribution in [0.1, 0.15) is 12.2 Å². The number of hydrogen-bond donors (Lipinski definition) is 2. The third-order valence-corrected chi connectivity index (χ3v) is 4.72. The van der Waals surface area contributed by atoms with E-state index in [-0.39, 0.29) is 12.0 Å². The number of nitrogens with one attached hydrogen (secondary N) is 1. The summed E-state index contributed by atoms with van der Waals surface area (Å²) in [6, 6.07) is 10.2. The van der Waals surface area contributed by atoms with Gasteiger partial charge in [-0.3, -0.25) is 9.59 Å². The molecule has 0 radical (unpaired) electrons. The van der Waals surface area contributed by atoms with Gasteiger partial charge in [0.05, 0.1) is 24.2 Å². The van der Waals surface area contributed by atoms with Gasteiger partial charge >= 0.3 is 0 Å². The lowest BCUT2D eigenvalue weighted by molar-refractivity contribution is -0.124. The number of ether oxygens (including phenoxy) is 3. The van der Waals surface area contributed by atoms with Gasteiger partial charge in [0.1, 0.15) is 23.8 Å². The molecule has 0 spiro atoms. The van der Waals surface area contributed by atoms with Gasteiger partial charge in [-0.1, -0.05) is 6.07 Å². The van der Waals surface area contributed by atoms with Crippen molar-refractivity contribution in [2.24, 2.45) is 0 Å². The molecule has 0 bridgehead atoms. The molecule has 1 aliphatic heterocycles.